The van der Waals surface area contributed by atoms with Crippen LogP contribution in [0.1, 0.15) is 10.4 Å². The number of nitro groups is 1. The van der Waals surface area contributed by atoms with Crippen molar-refractivity contribution in [2.24, 2.45) is 0 Å². The number of benzene rings is 1. The van der Waals surface area contributed by atoms with Crippen molar-refractivity contribution in [3.05, 3.63) is 58.3 Å². The van der Waals surface area contributed by atoms with Crippen LogP contribution < -0.4 is 10.4 Å². The number of anilines is 2. The van der Waals surface area contributed by atoms with Gasteiger partial charge in [0.25, 0.3) is 5.69 Å². The van der Waals surface area contributed by atoms with Gasteiger partial charge in [0.05, 0.1) is 10.9 Å². The molecule has 7 heteroatoms. The normalized spacial score (nSPS) is 9.89. The highest BCUT2D eigenvalue weighted by Gasteiger charge is 2.05. The zero-order chi connectivity index (χ0) is 13.8. The number of rotatable bonds is 4. The lowest BCUT2D eigenvalue weighted by molar-refractivity contribution is -0.385. The van der Waals surface area contributed by atoms with Crippen molar-refractivity contribution < 1.29 is 14.8 Å². The molecule has 1 N–H and O–H groups in total. The average Bonchev–Trinajstić information content (AvgIpc) is 2.40. The van der Waals surface area contributed by atoms with E-state index < -0.39 is 10.9 Å². The van der Waals surface area contributed by atoms with E-state index in [2.05, 4.69) is 10.3 Å². The van der Waals surface area contributed by atoms with Gasteiger partial charge >= 0.3 is 0 Å². The summed E-state index contributed by atoms with van der Waals surface area (Å²) in [5.41, 5.74) is 0.589. The molecule has 0 saturated carbocycles. The summed E-state index contributed by atoms with van der Waals surface area (Å²) in [5, 5.41) is 23.9. The molecule has 0 fully saturated rings. The van der Waals surface area contributed by atoms with Gasteiger partial charge in [0, 0.05) is 11.8 Å². The number of nitrogens with zero attached hydrogens (tertiary/aromatic N) is 2. The molecule has 1 aromatic heterocycles. The van der Waals surface area contributed by atoms with Crippen LogP contribution in [0.5, 0.6) is 0 Å². The molecular formula is C12H8N3O4-. The van der Waals surface area contributed by atoms with Crippen LogP contribution in [0.15, 0.2) is 42.6 Å². The third-order valence-electron chi connectivity index (χ3n) is 2.35. The maximum atomic E-state index is 10.6. The van der Waals surface area contributed by atoms with Gasteiger partial charge < -0.3 is 15.2 Å². The Labute approximate surface area is 107 Å². The zero-order valence-corrected chi connectivity index (χ0v) is 9.57. The highest BCUT2D eigenvalue weighted by atomic mass is 16.6. The quantitative estimate of drug-likeness (QED) is 0.649. The Morgan fingerprint density at radius 3 is 2.32 bits per heavy atom. The monoisotopic (exact) mass is 258 g/mol. The number of carboxylic acids is 1. The van der Waals surface area contributed by atoms with Crippen molar-refractivity contribution in [3.63, 3.8) is 0 Å². The summed E-state index contributed by atoms with van der Waals surface area (Å²) >= 11 is 0. The summed E-state index contributed by atoms with van der Waals surface area (Å²) < 4.78 is 0. The van der Waals surface area contributed by atoms with E-state index in [1.165, 1.54) is 24.3 Å². The van der Waals surface area contributed by atoms with Crippen LogP contribution in [0.25, 0.3) is 0 Å². The molecule has 0 aliphatic rings. The Balaban J connectivity index is 2.12. The van der Waals surface area contributed by atoms with Crippen molar-refractivity contribution in [2.75, 3.05) is 5.32 Å². The van der Waals surface area contributed by atoms with E-state index in [4.69, 9.17) is 0 Å². The smallest absolute Gasteiger partial charge is 0.287 e. The van der Waals surface area contributed by atoms with Gasteiger partial charge in [-0.25, -0.2) is 4.98 Å². The van der Waals surface area contributed by atoms with Crippen molar-refractivity contribution in [1.29, 1.82) is 0 Å². The SMILES string of the molecule is O=C([O-])c1ccc(Nc2ccc([N+](=O)[O-])cn2)cc1. The first-order valence-corrected chi connectivity index (χ1v) is 5.25. The van der Waals surface area contributed by atoms with Crippen LogP contribution in [0.2, 0.25) is 0 Å². The Morgan fingerprint density at radius 1 is 1.16 bits per heavy atom. The molecular weight excluding hydrogens is 250 g/mol. The Kier molecular flexibility index (Phi) is 3.37. The molecule has 0 atom stereocenters. The van der Waals surface area contributed by atoms with Gasteiger partial charge in [0.1, 0.15) is 12.0 Å². The molecule has 0 bridgehead atoms. The van der Waals surface area contributed by atoms with E-state index in [9.17, 15) is 20.0 Å². The van der Waals surface area contributed by atoms with Crippen LogP contribution in [-0.4, -0.2) is 15.9 Å². The van der Waals surface area contributed by atoms with E-state index >= 15 is 0 Å². The maximum absolute atomic E-state index is 10.6. The fraction of sp³-hybridized carbons (Fsp3) is 0. The number of aromatic nitrogens is 1. The molecule has 0 unspecified atom stereocenters. The standard InChI is InChI=1S/C12H9N3O4/c16-12(17)8-1-3-9(4-2-8)14-11-6-5-10(7-13-11)15(18)19/h1-7H,(H,13,14)(H,16,17)/p-1. The molecule has 2 aromatic rings. The third kappa shape index (κ3) is 3.03. The minimum absolute atomic E-state index is 0.0715. The summed E-state index contributed by atoms with van der Waals surface area (Å²) in [5.74, 6) is -0.827. The number of hydrogen-bond donors (Lipinski definition) is 1. The minimum atomic E-state index is -1.25. The van der Waals surface area contributed by atoms with Gasteiger partial charge in [0.15, 0.2) is 0 Å². The van der Waals surface area contributed by atoms with Crippen molar-refractivity contribution in [3.8, 4) is 0 Å². The summed E-state index contributed by atoms with van der Waals surface area (Å²) in [6.07, 6.45) is 1.14. The van der Waals surface area contributed by atoms with Crippen LogP contribution in [0.4, 0.5) is 17.2 Å². The first-order chi connectivity index (χ1) is 9.06. The zero-order valence-electron chi connectivity index (χ0n) is 9.57. The topological polar surface area (TPSA) is 108 Å². The molecule has 1 heterocycles. The molecule has 0 aliphatic carbocycles. The number of hydrogen-bond acceptors (Lipinski definition) is 6. The van der Waals surface area contributed by atoms with Crippen LogP contribution in [-0.2, 0) is 0 Å². The number of carbonyl (C=O) groups is 1. The van der Waals surface area contributed by atoms with Gasteiger partial charge in [0.2, 0.25) is 0 Å². The lowest BCUT2D eigenvalue weighted by Gasteiger charge is -2.07. The lowest BCUT2D eigenvalue weighted by atomic mass is 10.2. The summed E-state index contributed by atoms with van der Waals surface area (Å²) in [7, 11) is 0. The molecule has 0 spiro atoms. The molecule has 0 amide bonds. The molecule has 0 aliphatic heterocycles. The number of carbonyl (C=O) groups excluding carboxylic acids is 1. The predicted molar refractivity (Wildman–Crippen MR) is 64.9 cm³/mol. The number of pyridine rings is 1. The van der Waals surface area contributed by atoms with Crippen molar-refractivity contribution in [1.82, 2.24) is 4.98 Å². The van der Waals surface area contributed by atoms with E-state index in [0.717, 1.165) is 6.20 Å². The van der Waals surface area contributed by atoms with Gasteiger partial charge in [-0.05, 0) is 23.8 Å². The molecule has 19 heavy (non-hydrogen) atoms. The third-order valence-corrected chi connectivity index (χ3v) is 2.35. The first kappa shape index (κ1) is 12.5. The van der Waals surface area contributed by atoms with E-state index in [1.807, 2.05) is 0 Å². The highest BCUT2D eigenvalue weighted by molar-refractivity contribution is 5.86. The molecule has 96 valence electrons. The van der Waals surface area contributed by atoms with Gasteiger partial charge in [-0.15, -0.1) is 0 Å². The Bertz CT molecular complexity index is 552. The lowest BCUT2D eigenvalue weighted by Crippen LogP contribution is -2.21. The van der Waals surface area contributed by atoms with Crippen LogP contribution in [0, 0.1) is 10.1 Å². The summed E-state index contributed by atoms with van der Waals surface area (Å²) in [6.45, 7) is 0. The number of aromatic carboxylic acids is 1. The van der Waals surface area contributed by atoms with Crippen molar-refractivity contribution >= 4 is 23.2 Å². The fourth-order valence-corrected chi connectivity index (χ4v) is 1.41. The molecule has 7 nitrogen and oxygen atoms in total. The molecule has 0 saturated heterocycles. The fourth-order valence-electron chi connectivity index (χ4n) is 1.41. The molecule has 2 rings (SSSR count). The van der Waals surface area contributed by atoms with E-state index in [1.54, 1.807) is 12.1 Å². The number of carboxylic acid groups (broad SMARTS) is 1. The predicted octanol–water partition coefficient (Wildman–Crippen LogP) is 1.10. The van der Waals surface area contributed by atoms with Crippen LogP contribution in [0.3, 0.4) is 0 Å². The number of nitrogens with one attached hydrogen (secondary N) is 1. The second-order valence-corrected chi connectivity index (χ2v) is 3.65. The van der Waals surface area contributed by atoms with Gasteiger partial charge in [-0.3, -0.25) is 10.1 Å². The minimum Gasteiger partial charge on any atom is -0.545 e. The summed E-state index contributed by atoms with van der Waals surface area (Å²) in [6, 6.07) is 8.67. The summed E-state index contributed by atoms with van der Waals surface area (Å²) in [4.78, 5) is 24.4. The largest absolute Gasteiger partial charge is 0.545 e. The highest BCUT2D eigenvalue weighted by Crippen LogP contribution is 2.17. The average molecular weight is 258 g/mol. The van der Waals surface area contributed by atoms with Crippen molar-refractivity contribution in [2.45, 2.75) is 0 Å². The Morgan fingerprint density at radius 2 is 1.84 bits per heavy atom. The second kappa shape index (κ2) is 5.13. The van der Waals surface area contributed by atoms with Gasteiger partial charge in [-0.1, -0.05) is 12.1 Å². The Hall–Kier alpha value is -2.96. The first-order valence-electron chi connectivity index (χ1n) is 5.25. The molecule has 0 radical (unpaired) electrons. The van der Waals surface area contributed by atoms with Gasteiger partial charge in [-0.2, -0.15) is 0 Å². The van der Waals surface area contributed by atoms with Crippen LogP contribution >= 0.6 is 0 Å². The maximum Gasteiger partial charge on any atom is 0.287 e. The van der Waals surface area contributed by atoms with E-state index in [-0.39, 0.29) is 11.3 Å². The molecule has 1 aromatic carbocycles. The second-order valence-electron chi connectivity index (χ2n) is 3.65. The van der Waals surface area contributed by atoms with E-state index in [0.29, 0.717) is 11.5 Å².